The Morgan fingerprint density at radius 1 is 1.29 bits per heavy atom. The number of anilines is 1. The first-order valence-electron chi connectivity index (χ1n) is 7.42. The number of thiophene rings is 1. The van der Waals surface area contributed by atoms with Gasteiger partial charge in [-0.15, -0.1) is 11.3 Å². The number of amides is 2. The second kappa shape index (κ2) is 6.45. The minimum absolute atomic E-state index is 0.0571. The number of rotatable bonds is 4. The molecule has 1 N–H and O–H groups in total. The number of nitrogens with one attached hydrogen (secondary N) is 1. The zero-order valence-corrected chi connectivity index (χ0v) is 14.4. The summed E-state index contributed by atoms with van der Waals surface area (Å²) in [7, 11) is 1.61. The molecule has 0 radical (unpaired) electrons. The molecule has 3 aromatic rings. The van der Waals surface area contributed by atoms with E-state index in [4.69, 9.17) is 4.52 Å². The Labute approximate surface area is 143 Å². The lowest BCUT2D eigenvalue weighted by molar-refractivity contribution is -0.116. The Balaban J connectivity index is 1.71. The predicted octanol–water partition coefficient (Wildman–Crippen LogP) is 3.22. The van der Waals surface area contributed by atoms with E-state index in [2.05, 4.69) is 10.5 Å². The molecule has 0 saturated heterocycles. The van der Waals surface area contributed by atoms with Crippen molar-refractivity contribution < 1.29 is 14.1 Å². The van der Waals surface area contributed by atoms with Gasteiger partial charge in [0.15, 0.2) is 5.82 Å². The van der Waals surface area contributed by atoms with E-state index < -0.39 is 0 Å². The fourth-order valence-corrected chi connectivity index (χ4v) is 3.65. The molecule has 3 rings (SSSR count). The number of carbonyl (C=O) groups excluding carboxylic acids is 2. The smallest absolute Gasteiger partial charge is 0.264 e. The van der Waals surface area contributed by atoms with Crippen molar-refractivity contribution in [3.63, 3.8) is 0 Å². The molecule has 2 amide bonds. The number of fused-ring (bicyclic) bond motifs is 1. The van der Waals surface area contributed by atoms with Gasteiger partial charge in [0.25, 0.3) is 5.91 Å². The largest absolute Gasteiger partial charge is 0.360 e. The van der Waals surface area contributed by atoms with Crippen molar-refractivity contribution in [2.75, 3.05) is 18.9 Å². The summed E-state index contributed by atoms with van der Waals surface area (Å²) in [6, 6.07) is 9.51. The summed E-state index contributed by atoms with van der Waals surface area (Å²) in [5.41, 5.74) is 0.944. The number of carbonyl (C=O) groups is 2. The average molecular weight is 343 g/mol. The lowest BCUT2D eigenvalue weighted by atomic mass is 10.1. The van der Waals surface area contributed by atoms with E-state index in [1.54, 1.807) is 20.0 Å². The lowest BCUT2D eigenvalue weighted by Gasteiger charge is -2.15. The number of hydrogen-bond acceptors (Lipinski definition) is 5. The number of aromatic nitrogens is 1. The molecule has 0 unspecified atom stereocenters. The summed E-state index contributed by atoms with van der Waals surface area (Å²) in [6.07, 6.45) is 0. The summed E-state index contributed by atoms with van der Waals surface area (Å²) in [6.45, 7) is 3.61. The van der Waals surface area contributed by atoms with Crippen molar-refractivity contribution >= 4 is 39.1 Å². The first-order valence-corrected chi connectivity index (χ1v) is 8.24. The maximum atomic E-state index is 12.6. The normalized spacial score (nSPS) is 10.8. The van der Waals surface area contributed by atoms with Crippen molar-refractivity contribution in [1.29, 1.82) is 0 Å². The molecule has 7 heteroatoms. The summed E-state index contributed by atoms with van der Waals surface area (Å²) in [5.74, 6) is 0.463. The van der Waals surface area contributed by atoms with Crippen LogP contribution in [0.4, 0.5) is 5.82 Å². The van der Waals surface area contributed by atoms with Gasteiger partial charge in [0.2, 0.25) is 5.91 Å². The third-order valence-electron chi connectivity index (χ3n) is 3.66. The van der Waals surface area contributed by atoms with Gasteiger partial charge in [0, 0.05) is 17.8 Å². The highest BCUT2D eigenvalue weighted by Crippen LogP contribution is 2.31. The second-order valence-electron chi connectivity index (χ2n) is 5.58. The summed E-state index contributed by atoms with van der Waals surface area (Å²) < 4.78 is 5.96. The Morgan fingerprint density at radius 3 is 2.71 bits per heavy atom. The zero-order chi connectivity index (χ0) is 17.3. The average Bonchev–Trinajstić information content (AvgIpc) is 3.10. The number of nitrogens with zero attached hydrogens (tertiary/aromatic N) is 2. The molecule has 0 atom stereocenters. The SMILES string of the molecule is Cc1cc(NC(=O)CN(C)C(=O)c2sc3ccccc3c2C)no1. The molecule has 0 aliphatic heterocycles. The quantitative estimate of drug-likeness (QED) is 0.789. The summed E-state index contributed by atoms with van der Waals surface area (Å²) >= 11 is 1.44. The van der Waals surface area contributed by atoms with E-state index in [0.29, 0.717) is 16.5 Å². The maximum absolute atomic E-state index is 12.6. The van der Waals surface area contributed by atoms with Crippen LogP contribution in [-0.2, 0) is 4.79 Å². The Morgan fingerprint density at radius 2 is 2.04 bits per heavy atom. The van der Waals surface area contributed by atoms with Crippen molar-refractivity contribution in [3.8, 4) is 0 Å². The van der Waals surface area contributed by atoms with Crippen LogP contribution in [0.5, 0.6) is 0 Å². The van der Waals surface area contributed by atoms with Crippen LogP contribution in [0, 0.1) is 13.8 Å². The molecule has 6 nitrogen and oxygen atoms in total. The number of likely N-dealkylation sites (N-methyl/N-ethyl adjacent to an activating group) is 1. The van der Waals surface area contributed by atoms with Crippen LogP contribution in [-0.4, -0.2) is 35.5 Å². The highest BCUT2D eigenvalue weighted by atomic mass is 32.1. The van der Waals surface area contributed by atoms with Crippen LogP contribution < -0.4 is 5.32 Å². The minimum Gasteiger partial charge on any atom is -0.360 e. The van der Waals surface area contributed by atoms with E-state index in [-0.39, 0.29) is 18.4 Å². The van der Waals surface area contributed by atoms with Crippen LogP contribution in [0.15, 0.2) is 34.9 Å². The van der Waals surface area contributed by atoms with Gasteiger partial charge in [-0.3, -0.25) is 9.59 Å². The molecule has 0 aliphatic rings. The summed E-state index contributed by atoms with van der Waals surface area (Å²) in [5, 5.41) is 7.38. The van der Waals surface area contributed by atoms with Crippen LogP contribution in [0.3, 0.4) is 0 Å². The first kappa shape index (κ1) is 16.2. The van der Waals surface area contributed by atoms with Gasteiger partial charge in [0.05, 0.1) is 11.4 Å². The monoisotopic (exact) mass is 343 g/mol. The van der Waals surface area contributed by atoms with Crippen molar-refractivity contribution in [1.82, 2.24) is 10.1 Å². The lowest BCUT2D eigenvalue weighted by Crippen LogP contribution is -2.34. The van der Waals surface area contributed by atoms with Crippen LogP contribution in [0.2, 0.25) is 0 Å². The fraction of sp³-hybridized carbons (Fsp3) is 0.235. The van der Waals surface area contributed by atoms with Gasteiger partial charge < -0.3 is 14.7 Å². The number of benzene rings is 1. The third-order valence-corrected chi connectivity index (χ3v) is 4.92. The molecular weight excluding hydrogens is 326 g/mol. The standard InChI is InChI=1S/C17H17N3O3S/c1-10-8-14(19-23-10)18-15(21)9-20(3)17(22)16-11(2)12-6-4-5-7-13(12)24-16/h4-8H,9H2,1-3H3,(H,18,19,21). The van der Waals surface area contributed by atoms with Gasteiger partial charge in [-0.2, -0.15) is 0 Å². The molecule has 0 fully saturated rings. The maximum Gasteiger partial charge on any atom is 0.264 e. The molecule has 124 valence electrons. The van der Waals surface area contributed by atoms with Gasteiger partial charge in [-0.1, -0.05) is 23.4 Å². The molecule has 0 spiro atoms. The van der Waals surface area contributed by atoms with Gasteiger partial charge in [0.1, 0.15) is 5.76 Å². The fourth-order valence-electron chi connectivity index (χ4n) is 2.45. The van der Waals surface area contributed by atoms with Gasteiger partial charge in [-0.05, 0) is 30.9 Å². The molecule has 0 aliphatic carbocycles. The highest BCUT2D eigenvalue weighted by Gasteiger charge is 2.20. The Bertz CT molecular complexity index is 913. The minimum atomic E-state index is -0.321. The molecule has 24 heavy (non-hydrogen) atoms. The van der Waals surface area contributed by atoms with Gasteiger partial charge in [-0.25, -0.2) is 0 Å². The van der Waals surface area contributed by atoms with Crippen LogP contribution >= 0.6 is 11.3 Å². The van der Waals surface area contributed by atoms with Crippen molar-refractivity contribution in [3.05, 3.63) is 46.5 Å². The van der Waals surface area contributed by atoms with Crippen molar-refractivity contribution in [2.45, 2.75) is 13.8 Å². The number of aryl methyl sites for hydroxylation is 2. The zero-order valence-electron chi connectivity index (χ0n) is 13.6. The van der Waals surface area contributed by atoms with Gasteiger partial charge >= 0.3 is 0 Å². The topological polar surface area (TPSA) is 75.4 Å². The second-order valence-corrected chi connectivity index (χ2v) is 6.64. The van der Waals surface area contributed by atoms with E-state index in [0.717, 1.165) is 15.6 Å². The van der Waals surface area contributed by atoms with Crippen LogP contribution in [0.25, 0.3) is 10.1 Å². The third kappa shape index (κ3) is 3.16. The molecule has 1 aromatic carbocycles. The predicted molar refractivity (Wildman–Crippen MR) is 93.4 cm³/mol. The Hall–Kier alpha value is -2.67. The summed E-state index contributed by atoms with van der Waals surface area (Å²) in [4.78, 5) is 26.8. The first-order chi connectivity index (χ1) is 11.5. The highest BCUT2D eigenvalue weighted by molar-refractivity contribution is 7.21. The van der Waals surface area contributed by atoms with Crippen molar-refractivity contribution in [2.24, 2.45) is 0 Å². The molecule has 0 bridgehead atoms. The van der Waals surface area contributed by atoms with E-state index in [9.17, 15) is 9.59 Å². The molecule has 2 aromatic heterocycles. The Kier molecular flexibility index (Phi) is 4.35. The van der Waals surface area contributed by atoms with E-state index >= 15 is 0 Å². The molecule has 2 heterocycles. The van der Waals surface area contributed by atoms with Crippen LogP contribution in [0.1, 0.15) is 21.0 Å². The number of hydrogen-bond donors (Lipinski definition) is 1. The molecular formula is C17H17N3O3S. The molecule has 0 saturated carbocycles. The van der Waals surface area contributed by atoms with E-state index in [1.807, 2.05) is 31.2 Å². The van der Waals surface area contributed by atoms with E-state index in [1.165, 1.54) is 16.2 Å².